The van der Waals surface area contributed by atoms with Crippen molar-refractivity contribution in [1.29, 1.82) is 0 Å². The van der Waals surface area contributed by atoms with Crippen LogP contribution in [0.3, 0.4) is 0 Å². The fourth-order valence-corrected chi connectivity index (χ4v) is 4.29. The van der Waals surface area contributed by atoms with Crippen LogP contribution in [0.25, 0.3) is 10.9 Å². The van der Waals surface area contributed by atoms with Crippen LogP contribution in [0.5, 0.6) is 0 Å². The zero-order chi connectivity index (χ0) is 17.3. The summed E-state index contributed by atoms with van der Waals surface area (Å²) in [5.41, 5.74) is 2.91. The van der Waals surface area contributed by atoms with E-state index >= 15 is 0 Å². The highest BCUT2D eigenvalue weighted by molar-refractivity contribution is 7.90. The van der Waals surface area contributed by atoms with E-state index in [1.54, 1.807) is 6.92 Å². The second-order valence-electron chi connectivity index (χ2n) is 5.94. The third-order valence-electron chi connectivity index (χ3n) is 4.16. The molecule has 3 rings (SSSR count). The zero-order valence-corrected chi connectivity index (χ0v) is 14.3. The first-order chi connectivity index (χ1) is 11.4. The molecule has 0 amide bonds. The molecule has 5 heteroatoms. The summed E-state index contributed by atoms with van der Waals surface area (Å²) in [5.74, 6) is -0.450. The lowest BCUT2D eigenvalue weighted by molar-refractivity contribution is 0.585. The van der Waals surface area contributed by atoms with Gasteiger partial charge in [-0.1, -0.05) is 30.3 Å². The number of rotatable bonds is 4. The van der Waals surface area contributed by atoms with Crippen molar-refractivity contribution in [3.63, 3.8) is 0 Å². The first-order valence-corrected chi connectivity index (χ1v) is 9.40. The van der Waals surface area contributed by atoms with Gasteiger partial charge < -0.3 is 0 Å². The van der Waals surface area contributed by atoms with Gasteiger partial charge in [0.15, 0.2) is 9.84 Å². The van der Waals surface area contributed by atoms with Crippen molar-refractivity contribution < 1.29 is 12.8 Å². The molecular weight excluding hydrogens is 325 g/mol. The van der Waals surface area contributed by atoms with Crippen molar-refractivity contribution in [2.24, 2.45) is 0 Å². The normalized spacial score (nSPS) is 13.1. The van der Waals surface area contributed by atoms with Crippen molar-refractivity contribution in [2.75, 3.05) is 0 Å². The van der Waals surface area contributed by atoms with Crippen molar-refractivity contribution in [3.8, 4) is 0 Å². The molecule has 3 aromatic rings. The van der Waals surface area contributed by atoms with Crippen LogP contribution < -0.4 is 0 Å². The Morgan fingerprint density at radius 3 is 2.46 bits per heavy atom. The van der Waals surface area contributed by atoms with E-state index < -0.39 is 15.1 Å². The van der Waals surface area contributed by atoms with Crippen LogP contribution in [0, 0.1) is 12.7 Å². The first-order valence-electron chi connectivity index (χ1n) is 7.69. The molecule has 1 atom stereocenters. The SMILES string of the molecule is Cc1cc(CS(=O)(=O)[C@@H](C)c2ccc(F)cc2)c2ccccc2n1. The molecule has 0 unspecified atom stereocenters. The molecule has 0 aliphatic carbocycles. The van der Waals surface area contributed by atoms with Crippen LogP contribution in [0.4, 0.5) is 4.39 Å². The van der Waals surface area contributed by atoms with Crippen LogP contribution in [0.1, 0.15) is 29.0 Å². The number of sulfone groups is 1. The number of para-hydroxylation sites is 1. The maximum atomic E-state index is 13.1. The average Bonchev–Trinajstić information content (AvgIpc) is 2.54. The molecule has 124 valence electrons. The summed E-state index contributed by atoms with van der Waals surface area (Å²) in [5, 5.41) is 0.142. The molecule has 0 spiro atoms. The van der Waals surface area contributed by atoms with Crippen molar-refractivity contribution >= 4 is 20.7 Å². The van der Waals surface area contributed by atoms with E-state index in [0.29, 0.717) is 5.56 Å². The number of fused-ring (bicyclic) bond motifs is 1. The van der Waals surface area contributed by atoms with E-state index in [0.717, 1.165) is 22.2 Å². The van der Waals surface area contributed by atoms with E-state index in [-0.39, 0.29) is 11.6 Å². The maximum Gasteiger partial charge on any atom is 0.161 e. The number of hydrogen-bond acceptors (Lipinski definition) is 3. The number of pyridine rings is 1. The third-order valence-corrected chi connectivity index (χ3v) is 6.23. The Bertz CT molecular complexity index is 982. The van der Waals surface area contributed by atoms with E-state index in [1.807, 2.05) is 37.3 Å². The summed E-state index contributed by atoms with van der Waals surface area (Å²) in [6.07, 6.45) is 0. The second kappa shape index (κ2) is 6.32. The zero-order valence-electron chi connectivity index (χ0n) is 13.5. The number of aryl methyl sites for hydroxylation is 1. The van der Waals surface area contributed by atoms with E-state index in [2.05, 4.69) is 4.98 Å². The van der Waals surface area contributed by atoms with Gasteiger partial charge in [-0.3, -0.25) is 4.98 Å². The molecule has 3 nitrogen and oxygen atoms in total. The Morgan fingerprint density at radius 2 is 1.75 bits per heavy atom. The summed E-state index contributed by atoms with van der Waals surface area (Å²) in [6, 6.07) is 14.9. The molecule has 0 radical (unpaired) electrons. The van der Waals surface area contributed by atoms with Gasteiger partial charge in [0.25, 0.3) is 0 Å². The Kier molecular flexibility index (Phi) is 4.37. The highest BCUT2D eigenvalue weighted by atomic mass is 32.2. The quantitative estimate of drug-likeness (QED) is 0.707. The van der Waals surface area contributed by atoms with Gasteiger partial charge in [0.1, 0.15) is 5.82 Å². The molecule has 2 aromatic carbocycles. The van der Waals surface area contributed by atoms with Gasteiger partial charge in [-0.05, 0) is 49.2 Å². The molecule has 1 heterocycles. The number of hydrogen-bond donors (Lipinski definition) is 0. The Morgan fingerprint density at radius 1 is 1.08 bits per heavy atom. The van der Waals surface area contributed by atoms with E-state index in [1.165, 1.54) is 24.3 Å². The Hall–Kier alpha value is -2.27. The number of nitrogens with zero attached hydrogens (tertiary/aromatic N) is 1. The van der Waals surface area contributed by atoms with Crippen LogP contribution >= 0.6 is 0 Å². The first kappa shape index (κ1) is 16.6. The van der Waals surface area contributed by atoms with Gasteiger partial charge in [0, 0.05) is 11.1 Å². The van der Waals surface area contributed by atoms with Crippen molar-refractivity contribution in [3.05, 3.63) is 77.2 Å². The van der Waals surface area contributed by atoms with Gasteiger partial charge in [-0.15, -0.1) is 0 Å². The van der Waals surface area contributed by atoms with Gasteiger partial charge in [0.2, 0.25) is 0 Å². The maximum absolute atomic E-state index is 13.1. The molecule has 0 bridgehead atoms. The number of halogens is 1. The van der Waals surface area contributed by atoms with Gasteiger partial charge in [-0.25, -0.2) is 12.8 Å². The van der Waals surface area contributed by atoms with Crippen LogP contribution in [-0.2, 0) is 15.6 Å². The molecule has 0 saturated heterocycles. The van der Waals surface area contributed by atoms with Crippen LogP contribution in [0.15, 0.2) is 54.6 Å². The van der Waals surface area contributed by atoms with Gasteiger partial charge in [0.05, 0.1) is 16.5 Å². The molecular formula is C19H18FNO2S. The fourth-order valence-electron chi connectivity index (χ4n) is 2.80. The van der Waals surface area contributed by atoms with E-state index in [4.69, 9.17) is 0 Å². The predicted octanol–water partition coefficient (Wildman–Crippen LogP) is 4.36. The Balaban J connectivity index is 1.99. The van der Waals surface area contributed by atoms with Crippen LogP contribution in [0.2, 0.25) is 0 Å². The van der Waals surface area contributed by atoms with Gasteiger partial charge >= 0.3 is 0 Å². The average molecular weight is 343 g/mol. The monoisotopic (exact) mass is 343 g/mol. The standard InChI is InChI=1S/C19H18FNO2S/c1-13-11-16(18-5-3-4-6-19(18)21-13)12-24(22,23)14(2)15-7-9-17(20)10-8-15/h3-11,14H,12H2,1-2H3/t14-/m0/s1. The van der Waals surface area contributed by atoms with Crippen molar-refractivity contribution in [2.45, 2.75) is 24.9 Å². The summed E-state index contributed by atoms with van der Waals surface area (Å²) >= 11 is 0. The Labute approximate surface area is 141 Å². The lowest BCUT2D eigenvalue weighted by atomic mass is 10.1. The largest absolute Gasteiger partial charge is 0.253 e. The minimum absolute atomic E-state index is 0.0740. The lowest BCUT2D eigenvalue weighted by Crippen LogP contribution is -2.13. The van der Waals surface area contributed by atoms with Gasteiger partial charge in [-0.2, -0.15) is 0 Å². The van der Waals surface area contributed by atoms with E-state index in [9.17, 15) is 12.8 Å². The highest BCUT2D eigenvalue weighted by Crippen LogP contribution is 2.28. The number of benzene rings is 2. The second-order valence-corrected chi connectivity index (χ2v) is 8.26. The van der Waals surface area contributed by atoms with Crippen LogP contribution in [-0.4, -0.2) is 13.4 Å². The highest BCUT2D eigenvalue weighted by Gasteiger charge is 2.24. The summed E-state index contributed by atoms with van der Waals surface area (Å²) in [6.45, 7) is 3.49. The molecule has 0 aliphatic rings. The van der Waals surface area contributed by atoms with Crippen molar-refractivity contribution in [1.82, 2.24) is 4.98 Å². The summed E-state index contributed by atoms with van der Waals surface area (Å²) < 4.78 is 38.7. The smallest absolute Gasteiger partial charge is 0.161 e. The molecule has 0 fully saturated rings. The topological polar surface area (TPSA) is 47.0 Å². The lowest BCUT2D eigenvalue weighted by Gasteiger charge is -2.15. The minimum atomic E-state index is -3.44. The fraction of sp³-hybridized carbons (Fsp3) is 0.211. The molecule has 0 aliphatic heterocycles. The molecule has 0 N–H and O–H groups in total. The summed E-state index contributed by atoms with van der Waals surface area (Å²) in [4.78, 5) is 4.44. The number of aromatic nitrogens is 1. The molecule has 0 saturated carbocycles. The summed E-state index contributed by atoms with van der Waals surface area (Å²) in [7, 11) is -3.44. The predicted molar refractivity (Wildman–Crippen MR) is 93.9 cm³/mol. The third kappa shape index (κ3) is 3.31. The molecule has 1 aromatic heterocycles. The minimum Gasteiger partial charge on any atom is -0.253 e. The molecule has 24 heavy (non-hydrogen) atoms.